The molecule has 1 heterocycles. The third-order valence-corrected chi connectivity index (χ3v) is 4.23. The van der Waals surface area contributed by atoms with Crippen LogP contribution in [0.3, 0.4) is 0 Å². The average molecular weight is 210 g/mol. The van der Waals surface area contributed by atoms with Crippen molar-refractivity contribution in [1.82, 2.24) is 10.2 Å². The zero-order valence-corrected chi connectivity index (χ0v) is 9.42. The molecule has 4 heteroatoms. The van der Waals surface area contributed by atoms with Gasteiger partial charge in [-0.1, -0.05) is 13.8 Å². The Kier molecular flexibility index (Phi) is 2.08. The number of hydrogen-bond donors (Lipinski definition) is 3. The third-order valence-electron chi connectivity index (χ3n) is 4.23. The van der Waals surface area contributed by atoms with Gasteiger partial charge in [0, 0.05) is 17.2 Å². The highest BCUT2D eigenvalue weighted by Crippen LogP contribution is 2.53. The van der Waals surface area contributed by atoms with Crippen molar-refractivity contribution in [2.24, 2.45) is 5.41 Å². The molecule has 4 nitrogen and oxygen atoms in total. The summed E-state index contributed by atoms with van der Waals surface area (Å²) in [4.78, 5) is 11.5. The van der Waals surface area contributed by atoms with Crippen molar-refractivity contribution >= 4 is 0 Å². The topological polar surface area (TPSA) is 68.9 Å². The van der Waals surface area contributed by atoms with Crippen LogP contribution in [0.1, 0.15) is 45.1 Å². The van der Waals surface area contributed by atoms with Gasteiger partial charge in [-0.15, -0.1) is 0 Å². The molecule has 1 aromatic rings. The number of aromatic nitrogens is 2. The SMILES string of the molecule is CC1(O)CCC(c2c[nH][nH]c2=O)C1(C)C. The molecule has 2 atom stereocenters. The molecule has 1 aliphatic rings. The lowest BCUT2D eigenvalue weighted by Gasteiger charge is -2.37. The quantitative estimate of drug-likeness (QED) is 0.655. The highest BCUT2D eigenvalue weighted by atomic mass is 16.3. The molecule has 0 radical (unpaired) electrons. The van der Waals surface area contributed by atoms with Gasteiger partial charge >= 0.3 is 0 Å². The molecule has 0 saturated heterocycles. The van der Waals surface area contributed by atoms with Crippen LogP contribution in [0, 0.1) is 5.41 Å². The van der Waals surface area contributed by atoms with Gasteiger partial charge in [-0.2, -0.15) is 0 Å². The minimum Gasteiger partial charge on any atom is -0.390 e. The van der Waals surface area contributed by atoms with E-state index in [-0.39, 0.29) is 16.9 Å². The Morgan fingerprint density at radius 3 is 2.53 bits per heavy atom. The Morgan fingerprint density at radius 2 is 2.13 bits per heavy atom. The molecule has 1 aromatic heterocycles. The number of hydrogen-bond acceptors (Lipinski definition) is 2. The normalized spacial score (nSPS) is 34.5. The Balaban J connectivity index is 2.42. The molecule has 1 fully saturated rings. The first-order chi connectivity index (χ1) is 6.86. The highest BCUT2D eigenvalue weighted by molar-refractivity contribution is 5.20. The van der Waals surface area contributed by atoms with E-state index in [0.29, 0.717) is 0 Å². The molecular weight excluding hydrogens is 192 g/mol. The first-order valence-corrected chi connectivity index (χ1v) is 5.34. The molecule has 0 aromatic carbocycles. The predicted molar refractivity (Wildman–Crippen MR) is 57.8 cm³/mol. The number of aromatic amines is 2. The zero-order chi connectivity index (χ0) is 11.3. The Hall–Kier alpha value is -1.03. The Bertz CT molecular complexity index is 414. The van der Waals surface area contributed by atoms with Crippen molar-refractivity contribution in [2.75, 3.05) is 0 Å². The fourth-order valence-corrected chi connectivity index (χ4v) is 2.60. The van der Waals surface area contributed by atoms with E-state index in [1.165, 1.54) is 0 Å². The lowest BCUT2D eigenvalue weighted by molar-refractivity contribution is -0.0315. The van der Waals surface area contributed by atoms with E-state index in [4.69, 9.17) is 0 Å². The lowest BCUT2D eigenvalue weighted by atomic mass is 9.71. The van der Waals surface area contributed by atoms with Crippen LogP contribution in [0.25, 0.3) is 0 Å². The Labute approximate surface area is 88.7 Å². The van der Waals surface area contributed by atoms with Crippen LogP contribution in [-0.4, -0.2) is 20.9 Å². The van der Waals surface area contributed by atoms with Crippen LogP contribution in [0.2, 0.25) is 0 Å². The van der Waals surface area contributed by atoms with E-state index in [1.54, 1.807) is 6.20 Å². The van der Waals surface area contributed by atoms with Crippen LogP contribution >= 0.6 is 0 Å². The van der Waals surface area contributed by atoms with E-state index >= 15 is 0 Å². The smallest absolute Gasteiger partial charge is 0.267 e. The van der Waals surface area contributed by atoms with Crippen LogP contribution in [-0.2, 0) is 0 Å². The maximum absolute atomic E-state index is 11.5. The third kappa shape index (κ3) is 1.35. The largest absolute Gasteiger partial charge is 0.390 e. The summed E-state index contributed by atoms with van der Waals surface area (Å²) in [6.45, 7) is 5.90. The monoisotopic (exact) mass is 210 g/mol. The second-order valence-corrected chi connectivity index (χ2v) is 5.28. The predicted octanol–water partition coefficient (Wildman–Crippen LogP) is 1.36. The fourth-order valence-electron chi connectivity index (χ4n) is 2.60. The molecule has 0 aliphatic heterocycles. The van der Waals surface area contributed by atoms with Gasteiger partial charge in [0.2, 0.25) is 0 Å². The highest BCUT2D eigenvalue weighted by Gasteiger charge is 2.51. The van der Waals surface area contributed by atoms with Gasteiger partial charge in [0.25, 0.3) is 5.56 Å². The maximum Gasteiger partial charge on any atom is 0.267 e. The molecule has 0 amide bonds. The van der Waals surface area contributed by atoms with Crippen molar-refractivity contribution in [2.45, 2.75) is 45.1 Å². The van der Waals surface area contributed by atoms with Gasteiger partial charge in [-0.3, -0.25) is 9.89 Å². The second-order valence-electron chi connectivity index (χ2n) is 5.28. The summed E-state index contributed by atoms with van der Waals surface area (Å²) in [6.07, 6.45) is 3.33. The van der Waals surface area contributed by atoms with E-state index < -0.39 is 5.60 Å². The molecule has 15 heavy (non-hydrogen) atoms. The molecular formula is C11H18N2O2. The maximum atomic E-state index is 11.5. The average Bonchev–Trinajstić information content (AvgIpc) is 2.58. The molecule has 1 aliphatic carbocycles. The molecule has 0 spiro atoms. The van der Waals surface area contributed by atoms with Crippen LogP contribution < -0.4 is 5.56 Å². The van der Waals surface area contributed by atoms with Crippen molar-refractivity contribution in [1.29, 1.82) is 0 Å². The van der Waals surface area contributed by atoms with Crippen LogP contribution in [0.5, 0.6) is 0 Å². The van der Waals surface area contributed by atoms with Gasteiger partial charge in [-0.25, -0.2) is 0 Å². The van der Waals surface area contributed by atoms with Crippen LogP contribution in [0.15, 0.2) is 11.0 Å². The Morgan fingerprint density at radius 1 is 1.47 bits per heavy atom. The first kappa shape index (κ1) is 10.5. The number of rotatable bonds is 1. The van der Waals surface area contributed by atoms with Crippen molar-refractivity contribution in [3.8, 4) is 0 Å². The van der Waals surface area contributed by atoms with Gasteiger partial charge in [0.05, 0.1) is 5.60 Å². The summed E-state index contributed by atoms with van der Waals surface area (Å²) in [5, 5.41) is 15.5. The minimum absolute atomic E-state index is 0.0641. The van der Waals surface area contributed by atoms with E-state index in [0.717, 1.165) is 18.4 Å². The molecule has 84 valence electrons. The van der Waals surface area contributed by atoms with Crippen molar-refractivity contribution in [3.05, 3.63) is 22.1 Å². The molecule has 1 saturated carbocycles. The standard InChI is InChI=1S/C11H18N2O2/c1-10(2)8(4-5-11(10,3)15)7-6-12-13-9(7)14/h6,8,15H,4-5H2,1-3H3,(H2,12,13,14). The van der Waals surface area contributed by atoms with Crippen molar-refractivity contribution in [3.63, 3.8) is 0 Å². The van der Waals surface area contributed by atoms with Gasteiger partial charge in [0.1, 0.15) is 0 Å². The first-order valence-electron chi connectivity index (χ1n) is 5.34. The molecule has 0 bridgehead atoms. The number of nitrogens with one attached hydrogen (secondary N) is 2. The second kappa shape index (κ2) is 2.98. The summed E-state index contributed by atoms with van der Waals surface area (Å²) in [6, 6.07) is 0. The van der Waals surface area contributed by atoms with E-state index in [1.807, 2.05) is 20.8 Å². The summed E-state index contributed by atoms with van der Waals surface area (Å²) in [5.74, 6) is 0.127. The van der Waals surface area contributed by atoms with Gasteiger partial charge in [-0.05, 0) is 25.7 Å². The molecule has 2 rings (SSSR count). The fraction of sp³-hybridized carbons (Fsp3) is 0.727. The summed E-state index contributed by atoms with van der Waals surface area (Å²) < 4.78 is 0. The zero-order valence-electron chi connectivity index (χ0n) is 9.42. The summed E-state index contributed by atoms with van der Waals surface area (Å²) in [5.41, 5.74) is -0.257. The molecule has 2 unspecified atom stereocenters. The minimum atomic E-state index is -0.693. The van der Waals surface area contributed by atoms with Crippen LogP contribution in [0.4, 0.5) is 0 Å². The van der Waals surface area contributed by atoms with Gasteiger partial charge < -0.3 is 10.2 Å². The van der Waals surface area contributed by atoms with E-state index in [2.05, 4.69) is 10.2 Å². The number of aliphatic hydroxyl groups is 1. The lowest BCUT2D eigenvalue weighted by Crippen LogP contribution is -2.39. The summed E-state index contributed by atoms with van der Waals surface area (Å²) >= 11 is 0. The molecule has 3 N–H and O–H groups in total. The van der Waals surface area contributed by atoms with Gasteiger partial charge in [0.15, 0.2) is 0 Å². The number of H-pyrrole nitrogens is 2. The van der Waals surface area contributed by atoms with E-state index in [9.17, 15) is 9.90 Å². The summed E-state index contributed by atoms with van der Waals surface area (Å²) in [7, 11) is 0. The van der Waals surface area contributed by atoms with Crippen molar-refractivity contribution < 1.29 is 5.11 Å².